The number of fused-ring (bicyclic) bond motifs is 1. The van der Waals surface area contributed by atoms with Gasteiger partial charge in [-0.15, -0.1) is 35.0 Å². The summed E-state index contributed by atoms with van der Waals surface area (Å²) in [7, 11) is 4.19. The predicted octanol–water partition coefficient (Wildman–Crippen LogP) is 0.464. The first kappa shape index (κ1) is 15.6. The van der Waals surface area contributed by atoms with Crippen LogP contribution in [-0.2, 0) is 13.1 Å². The van der Waals surface area contributed by atoms with Crippen LogP contribution >= 0.6 is 24.8 Å². The van der Waals surface area contributed by atoms with Crippen molar-refractivity contribution in [1.29, 1.82) is 0 Å². The van der Waals surface area contributed by atoms with Crippen LogP contribution in [0.25, 0.3) is 0 Å². The molecule has 94 valence electrons. The minimum Gasteiger partial charge on any atom is -0.313 e. The number of halogens is 2. The van der Waals surface area contributed by atoms with Crippen molar-refractivity contribution >= 4 is 24.8 Å². The van der Waals surface area contributed by atoms with Gasteiger partial charge in [-0.2, -0.15) is 0 Å². The van der Waals surface area contributed by atoms with Crippen molar-refractivity contribution in [1.82, 2.24) is 25.0 Å². The second kappa shape index (κ2) is 6.39. The minimum atomic E-state index is 0. The highest BCUT2D eigenvalue weighted by molar-refractivity contribution is 5.85. The van der Waals surface area contributed by atoms with E-state index in [1.54, 1.807) is 0 Å². The van der Waals surface area contributed by atoms with Crippen molar-refractivity contribution in [2.45, 2.75) is 26.1 Å². The molecule has 0 bridgehead atoms. The van der Waals surface area contributed by atoms with Gasteiger partial charge in [-0.25, -0.2) is 0 Å². The number of nitrogens with one attached hydrogen (secondary N) is 1. The molecular weight excluding hydrogens is 249 g/mol. The summed E-state index contributed by atoms with van der Waals surface area (Å²) in [6.45, 7) is 4.87. The summed E-state index contributed by atoms with van der Waals surface area (Å²) in [6.07, 6.45) is 0. The Morgan fingerprint density at radius 1 is 1.38 bits per heavy atom. The highest BCUT2D eigenvalue weighted by Gasteiger charge is 2.20. The molecule has 0 aromatic carbocycles. The van der Waals surface area contributed by atoms with Gasteiger partial charge in [0.05, 0.1) is 6.54 Å². The second-order valence-electron chi connectivity index (χ2n) is 4.11. The first-order chi connectivity index (χ1) is 6.66. The molecule has 0 amide bonds. The molecule has 0 fully saturated rings. The van der Waals surface area contributed by atoms with Crippen molar-refractivity contribution in [3.63, 3.8) is 0 Å². The lowest BCUT2D eigenvalue weighted by Gasteiger charge is -2.27. The van der Waals surface area contributed by atoms with Crippen molar-refractivity contribution in [2.24, 2.45) is 0 Å². The molecule has 1 aromatic heterocycles. The van der Waals surface area contributed by atoms with Crippen LogP contribution in [0.2, 0.25) is 0 Å². The molecular formula is C9H19Cl2N5. The van der Waals surface area contributed by atoms with Gasteiger partial charge in [-0.3, -0.25) is 0 Å². The molecule has 1 N–H and O–H groups in total. The highest BCUT2D eigenvalue weighted by Crippen LogP contribution is 2.08. The first-order valence-corrected chi connectivity index (χ1v) is 4.93. The average Bonchev–Trinajstić information content (AvgIpc) is 2.47. The van der Waals surface area contributed by atoms with Crippen molar-refractivity contribution in [2.75, 3.05) is 20.6 Å². The van der Waals surface area contributed by atoms with E-state index >= 15 is 0 Å². The van der Waals surface area contributed by atoms with E-state index in [1.165, 1.54) is 0 Å². The van der Waals surface area contributed by atoms with E-state index in [0.29, 0.717) is 6.04 Å². The Labute approximate surface area is 108 Å². The Bertz CT molecular complexity index is 326. The maximum atomic E-state index is 4.11. The summed E-state index contributed by atoms with van der Waals surface area (Å²) in [6, 6.07) is 0.507. The van der Waals surface area contributed by atoms with Crippen LogP contribution in [0.4, 0.5) is 0 Å². The van der Waals surface area contributed by atoms with Crippen LogP contribution in [0.3, 0.4) is 0 Å². The molecule has 1 aliphatic heterocycles. The Hall–Kier alpha value is -0.360. The van der Waals surface area contributed by atoms with Crippen LogP contribution in [0, 0.1) is 6.92 Å². The van der Waals surface area contributed by atoms with Crippen LogP contribution in [0.15, 0.2) is 0 Å². The van der Waals surface area contributed by atoms with Crippen molar-refractivity contribution in [3.8, 4) is 0 Å². The number of hydrogen-bond acceptors (Lipinski definition) is 4. The van der Waals surface area contributed by atoms with Gasteiger partial charge in [0.25, 0.3) is 0 Å². The van der Waals surface area contributed by atoms with Gasteiger partial charge in [0.1, 0.15) is 11.6 Å². The summed E-state index contributed by atoms with van der Waals surface area (Å²) in [5.41, 5.74) is 0. The lowest BCUT2D eigenvalue weighted by molar-refractivity contribution is 0.289. The fourth-order valence-corrected chi connectivity index (χ4v) is 1.88. The van der Waals surface area contributed by atoms with E-state index in [0.717, 1.165) is 31.3 Å². The molecule has 0 aliphatic carbocycles. The highest BCUT2D eigenvalue weighted by atomic mass is 35.5. The third-order valence-corrected chi connectivity index (χ3v) is 2.55. The van der Waals surface area contributed by atoms with Crippen molar-refractivity contribution < 1.29 is 0 Å². The number of likely N-dealkylation sites (N-methyl/N-ethyl adjacent to an activating group) is 1. The lowest BCUT2D eigenvalue weighted by atomic mass is 10.2. The number of rotatable bonds is 2. The second-order valence-corrected chi connectivity index (χ2v) is 4.11. The van der Waals surface area contributed by atoms with Crippen LogP contribution in [0.5, 0.6) is 0 Å². The van der Waals surface area contributed by atoms with Crippen molar-refractivity contribution in [3.05, 3.63) is 11.6 Å². The zero-order valence-electron chi connectivity index (χ0n) is 9.80. The molecule has 0 spiro atoms. The fraction of sp³-hybridized carbons (Fsp3) is 0.778. The molecule has 1 aliphatic rings. The molecule has 0 saturated carbocycles. The standard InChI is InChI=1S/C9H17N5.2ClH/c1-7-11-12-9-4-10-8(5-13(2)3)6-14(7)9;;/h8,10H,4-6H2,1-3H3;2*1H. The molecule has 0 saturated heterocycles. The Balaban J connectivity index is 0.00000112. The van der Waals surface area contributed by atoms with Crippen LogP contribution < -0.4 is 5.32 Å². The summed E-state index contributed by atoms with van der Waals surface area (Å²) in [5.74, 6) is 2.07. The SMILES string of the molecule is Cc1nnc2n1CC(CN(C)C)NC2.Cl.Cl. The summed E-state index contributed by atoms with van der Waals surface area (Å²) < 4.78 is 2.20. The third-order valence-electron chi connectivity index (χ3n) is 2.55. The van der Waals surface area contributed by atoms with Gasteiger partial charge >= 0.3 is 0 Å². The van der Waals surface area contributed by atoms with Crippen LogP contribution in [0.1, 0.15) is 11.6 Å². The maximum Gasteiger partial charge on any atom is 0.147 e. The van der Waals surface area contributed by atoms with E-state index in [2.05, 4.69) is 39.1 Å². The molecule has 7 heteroatoms. The normalized spacial score (nSPS) is 18.6. The minimum absolute atomic E-state index is 0. The lowest BCUT2D eigenvalue weighted by Crippen LogP contribution is -2.45. The fourth-order valence-electron chi connectivity index (χ4n) is 1.88. The monoisotopic (exact) mass is 267 g/mol. The molecule has 5 nitrogen and oxygen atoms in total. The molecule has 0 radical (unpaired) electrons. The van der Waals surface area contributed by atoms with Crippen LogP contribution in [-0.4, -0.2) is 46.3 Å². The first-order valence-electron chi connectivity index (χ1n) is 4.93. The largest absolute Gasteiger partial charge is 0.313 e. The number of aromatic nitrogens is 3. The van der Waals surface area contributed by atoms with Gasteiger partial charge < -0.3 is 14.8 Å². The van der Waals surface area contributed by atoms with E-state index < -0.39 is 0 Å². The topological polar surface area (TPSA) is 46.0 Å². The average molecular weight is 268 g/mol. The zero-order valence-corrected chi connectivity index (χ0v) is 11.4. The Morgan fingerprint density at radius 3 is 2.69 bits per heavy atom. The summed E-state index contributed by atoms with van der Waals surface area (Å²) >= 11 is 0. The predicted molar refractivity (Wildman–Crippen MR) is 68.4 cm³/mol. The zero-order chi connectivity index (χ0) is 10.1. The van der Waals surface area contributed by atoms with Gasteiger partial charge in [-0.05, 0) is 21.0 Å². The van der Waals surface area contributed by atoms with E-state index in [9.17, 15) is 0 Å². The van der Waals surface area contributed by atoms with E-state index in [1.807, 2.05) is 6.92 Å². The quantitative estimate of drug-likeness (QED) is 0.846. The number of hydrogen-bond donors (Lipinski definition) is 1. The summed E-state index contributed by atoms with van der Waals surface area (Å²) in [4.78, 5) is 2.20. The molecule has 1 aromatic rings. The van der Waals surface area contributed by atoms with Gasteiger partial charge in [0.15, 0.2) is 0 Å². The third kappa shape index (κ3) is 3.31. The molecule has 2 rings (SSSR count). The molecule has 1 atom stereocenters. The smallest absolute Gasteiger partial charge is 0.147 e. The summed E-state index contributed by atoms with van der Waals surface area (Å²) in [5, 5.41) is 11.6. The Morgan fingerprint density at radius 2 is 2.06 bits per heavy atom. The number of aryl methyl sites for hydroxylation is 1. The van der Waals surface area contributed by atoms with E-state index in [-0.39, 0.29) is 24.8 Å². The molecule has 2 heterocycles. The molecule has 16 heavy (non-hydrogen) atoms. The Kier molecular flexibility index (Phi) is 6.25. The van der Waals surface area contributed by atoms with E-state index in [4.69, 9.17) is 0 Å². The molecule has 1 unspecified atom stereocenters. The number of nitrogens with zero attached hydrogens (tertiary/aromatic N) is 4. The van der Waals surface area contributed by atoms with Gasteiger partial charge in [-0.1, -0.05) is 0 Å². The van der Waals surface area contributed by atoms with Gasteiger partial charge in [0.2, 0.25) is 0 Å². The van der Waals surface area contributed by atoms with Gasteiger partial charge in [0, 0.05) is 19.1 Å². The maximum absolute atomic E-state index is 4.11.